The van der Waals surface area contributed by atoms with Crippen molar-refractivity contribution in [3.05, 3.63) is 77.7 Å². The first-order valence-corrected chi connectivity index (χ1v) is 7.64. The normalized spacial score (nSPS) is 10.2. The number of hydrogen-bond donors (Lipinski definition) is 2. The van der Waals surface area contributed by atoms with Gasteiger partial charge in [0.05, 0.1) is 17.4 Å². The highest BCUT2D eigenvalue weighted by Gasteiger charge is 2.06. The van der Waals surface area contributed by atoms with Gasteiger partial charge in [-0.25, -0.2) is 4.98 Å². The van der Waals surface area contributed by atoms with E-state index in [1.54, 1.807) is 24.5 Å². The number of nitrogens with one attached hydrogen (secondary N) is 2. The molecule has 0 atom stereocenters. The minimum atomic E-state index is -0.208. The van der Waals surface area contributed by atoms with E-state index in [0.717, 1.165) is 11.5 Å². The lowest BCUT2D eigenvalue weighted by atomic mass is 10.1. The molecule has 0 radical (unpaired) electrons. The molecule has 5 heteroatoms. The van der Waals surface area contributed by atoms with Crippen LogP contribution in [0.3, 0.4) is 0 Å². The lowest BCUT2D eigenvalue weighted by Gasteiger charge is -2.11. The van der Waals surface area contributed by atoms with Crippen LogP contribution in [0.25, 0.3) is 0 Å². The fourth-order valence-corrected chi connectivity index (χ4v) is 2.27. The number of carbonyl (C=O) groups excluding carboxylic acids is 1. The molecule has 0 fully saturated rings. The zero-order chi connectivity index (χ0) is 16.9. The number of nitrogens with zero attached hydrogens (tertiary/aromatic N) is 2. The van der Waals surface area contributed by atoms with Gasteiger partial charge in [0.15, 0.2) is 0 Å². The van der Waals surface area contributed by atoms with E-state index >= 15 is 0 Å². The Morgan fingerprint density at radius 2 is 1.88 bits per heavy atom. The van der Waals surface area contributed by atoms with E-state index < -0.39 is 0 Å². The van der Waals surface area contributed by atoms with Gasteiger partial charge in [-0.3, -0.25) is 9.78 Å². The second-order valence-corrected chi connectivity index (χ2v) is 5.50. The Morgan fingerprint density at radius 1 is 1.00 bits per heavy atom. The molecule has 0 saturated heterocycles. The minimum Gasteiger partial charge on any atom is -0.340 e. The Labute approximate surface area is 140 Å². The highest BCUT2D eigenvalue weighted by atomic mass is 16.1. The van der Waals surface area contributed by atoms with Crippen LogP contribution in [0.1, 0.15) is 21.5 Å². The lowest BCUT2D eigenvalue weighted by molar-refractivity contribution is 0.102. The fraction of sp³-hybridized carbons (Fsp3) is 0.105. The van der Waals surface area contributed by atoms with Crippen molar-refractivity contribution in [2.24, 2.45) is 0 Å². The second-order valence-electron chi connectivity index (χ2n) is 5.50. The van der Waals surface area contributed by atoms with E-state index in [9.17, 15) is 4.79 Å². The summed E-state index contributed by atoms with van der Waals surface area (Å²) in [5.74, 6) is 0.517. The molecule has 5 nitrogen and oxygen atoms in total. The number of aryl methyl sites for hydroxylation is 1. The zero-order valence-corrected chi connectivity index (χ0v) is 13.6. The van der Waals surface area contributed by atoms with Gasteiger partial charge >= 0.3 is 0 Å². The Morgan fingerprint density at radius 3 is 2.58 bits per heavy atom. The molecule has 3 aromatic rings. The minimum absolute atomic E-state index is 0.208. The lowest BCUT2D eigenvalue weighted by Crippen LogP contribution is -2.12. The van der Waals surface area contributed by atoms with Gasteiger partial charge in [-0.2, -0.15) is 0 Å². The molecule has 0 saturated carbocycles. The van der Waals surface area contributed by atoms with Gasteiger partial charge in [-0.1, -0.05) is 12.1 Å². The fourth-order valence-electron chi connectivity index (χ4n) is 2.27. The van der Waals surface area contributed by atoms with Gasteiger partial charge in [0.1, 0.15) is 5.82 Å². The Kier molecular flexibility index (Phi) is 4.52. The molecule has 24 heavy (non-hydrogen) atoms. The average Bonchev–Trinajstić information content (AvgIpc) is 2.61. The first-order chi connectivity index (χ1) is 11.6. The summed E-state index contributed by atoms with van der Waals surface area (Å²) in [4.78, 5) is 20.4. The van der Waals surface area contributed by atoms with E-state index in [1.807, 2.05) is 24.3 Å². The number of pyridine rings is 2. The summed E-state index contributed by atoms with van der Waals surface area (Å²) < 4.78 is 0. The van der Waals surface area contributed by atoms with Crippen molar-refractivity contribution in [2.45, 2.75) is 13.8 Å². The van der Waals surface area contributed by atoms with E-state index in [4.69, 9.17) is 0 Å². The predicted molar refractivity (Wildman–Crippen MR) is 95.6 cm³/mol. The molecular formula is C19H18N4O. The Bertz CT molecular complexity index is 845. The van der Waals surface area contributed by atoms with Crippen LogP contribution in [-0.4, -0.2) is 15.9 Å². The van der Waals surface area contributed by atoms with E-state index in [1.165, 1.54) is 17.3 Å². The first kappa shape index (κ1) is 15.7. The van der Waals surface area contributed by atoms with Crippen LogP contribution in [-0.2, 0) is 0 Å². The quantitative estimate of drug-likeness (QED) is 0.760. The molecule has 0 spiro atoms. The highest BCUT2D eigenvalue weighted by Crippen LogP contribution is 2.22. The molecule has 2 N–H and O–H groups in total. The van der Waals surface area contributed by atoms with E-state index in [-0.39, 0.29) is 5.91 Å². The highest BCUT2D eigenvalue weighted by molar-refractivity contribution is 6.03. The molecule has 2 heterocycles. The monoisotopic (exact) mass is 318 g/mol. The second kappa shape index (κ2) is 6.91. The van der Waals surface area contributed by atoms with Crippen LogP contribution in [0.15, 0.2) is 61.1 Å². The van der Waals surface area contributed by atoms with Crippen LogP contribution in [0, 0.1) is 13.8 Å². The molecule has 3 rings (SSSR count). The number of amides is 1. The molecule has 120 valence electrons. The van der Waals surface area contributed by atoms with Crippen LogP contribution < -0.4 is 10.6 Å². The molecular weight excluding hydrogens is 300 g/mol. The van der Waals surface area contributed by atoms with Gasteiger partial charge in [-0.15, -0.1) is 0 Å². The third-order valence-corrected chi connectivity index (χ3v) is 3.81. The van der Waals surface area contributed by atoms with Crippen molar-refractivity contribution in [3.63, 3.8) is 0 Å². The molecule has 1 aromatic carbocycles. The van der Waals surface area contributed by atoms with Crippen molar-refractivity contribution in [3.8, 4) is 0 Å². The van der Waals surface area contributed by atoms with Crippen molar-refractivity contribution in [1.29, 1.82) is 0 Å². The van der Waals surface area contributed by atoms with Gasteiger partial charge < -0.3 is 10.6 Å². The summed E-state index contributed by atoms with van der Waals surface area (Å²) in [6, 6.07) is 13.2. The topological polar surface area (TPSA) is 66.9 Å². The summed E-state index contributed by atoms with van der Waals surface area (Å²) in [5.41, 5.74) is 4.58. The largest absolute Gasteiger partial charge is 0.340 e. The van der Waals surface area contributed by atoms with Crippen LogP contribution in [0.5, 0.6) is 0 Å². The van der Waals surface area contributed by atoms with Crippen LogP contribution >= 0.6 is 0 Å². The Balaban J connectivity index is 1.69. The predicted octanol–water partition coefficient (Wildman–Crippen LogP) is 4.09. The third kappa shape index (κ3) is 3.57. The maximum atomic E-state index is 12.1. The molecule has 0 unspecified atom stereocenters. The van der Waals surface area contributed by atoms with Gasteiger partial charge in [0, 0.05) is 18.1 Å². The van der Waals surface area contributed by atoms with E-state index in [0.29, 0.717) is 11.3 Å². The average molecular weight is 318 g/mol. The maximum absolute atomic E-state index is 12.1. The molecule has 0 aliphatic carbocycles. The number of aromatic nitrogens is 2. The third-order valence-electron chi connectivity index (χ3n) is 3.81. The molecule has 0 aliphatic heterocycles. The van der Waals surface area contributed by atoms with Crippen molar-refractivity contribution in [1.82, 2.24) is 9.97 Å². The molecule has 2 aromatic heterocycles. The Hall–Kier alpha value is -3.21. The number of benzene rings is 1. The first-order valence-electron chi connectivity index (χ1n) is 7.64. The number of hydrogen-bond acceptors (Lipinski definition) is 4. The number of rotatable bonds is 4. The number of anilines is 3. The van der Waals surface area contributed by atoms with Crippen LogP contribution in [0.4, 0.5) is 17.2 Å². The summed E-state index contributed by atoms with van der Waals surface area (Å²) in [6.45, 7) is 4.14. The molecule has 1 amide bonds. The van der Waals surface area contributed by atoms with Gasteiger partial charge in [0.25, 0.3) is 5.91 Å². The van der Waals surface area contributed by atoms with Crippen LogP contribution in [0.2, 0.25) is 0 Å². The van der Waals surface area contributed by atoms with Crippen molar-refractivity contribution < 1.29 is 4.79 Å². The zero-order valence-electron chi connectivity index (χ0n) is 13.6. The van der Waals surface area contributed by atoms with Gasteiger partial charge in [-0.05, 0) is 55.3 Å². The molecule has 0 bridgehead atoms. The molecule has 0 aliphatic rings. The standard InChI is InChI=1S/C19H18N4O/c1-13-5-3-7-17(14(13)2)23-18-9-8-16(12-21-18)22-19(24)15-6-4-10-20-11-15/h3-12H,1-2H3,(H,21,23)(H,22,24). The number of carbonyl (C=O) groups is 1. The van der Waals surface area contributed by atoms with Gasteiger partial charge in [0.2, 0.25) is 0 Å². The van der Waals surface area contributed by atoms with Crippen molar-refractivity contribution in [2.75, 3.05) is 10.6 Å². The smallest absolute Gasteiger partial charge is 0.257 e. The summed E-state index contributed by atoms with van der Waals surface area (Å²) in [5, 5.41) is 6.09. The van der Waals surface area contributed by atoms with Crippen molar-refractivity contribution >= 4 is 23.1 Å². The summed E-state index contributed by atoms with van der Waals surface area (Å²) >= 11 is 0. The summed E-state index contributed by atoms with van der Waals surface area (Å²) in [7, 11) is 0. The maximum Gasteiger partial charge on any atom is 0.257 e. The van der Waals surface area contributed by atoms with E-state index in [2.05, 4.69) is 40.5 Å². The summed E-state index contributed by atoms with van der Waals surface area (Å²) in [6.07, 6.45) is 4.78. The SMILES string of the molecule is Cc1cccc(Nc2ccc(NC(=O)c3cccnc3)cn2)c1C.